The Bertz CT molecular complexity index is 1290. The summed E-state index contributed by atoms with van der Waals surface area (Å²) in [4.78, 5) is 26.9. The molecule has 2 heterocycles. The lowest BCUT2D eigenvalue weighted by atomic mass is 9.75. The van der Waals surface area contributed by atoms with Gasteiger partial charge in [0.05, 0.1) is 15.1 Å². The van der Waals surface area contributed by atoms with E-state index in [1.165, 1.54) is 30.6 Å². The molecule has 2 saturated carbocycles. The van der Waals surface area contributed by atoms with E-state index in [0.717, 1.165) is 21.2 Å². The fraction of sp³-hybridized carbons (Fsp3) is 0.360. The summed E-state index contributed by atoms with van der Waals surface area (Å²) in [6.45, 7) is 0.00798. The van der Waals surface area contributed by atoms with Crippen molar-refractivity contribution in [2.45, 2.75) is 42.0 Å². The Morgan fingerprint density at radius 3 is 2.67 bits per heavy atom. The van der Waals surface area contributed by atoms with Crippen molar-refractivity contribution in [3.8, 4) is 0 Å². The summed E-state index contributed by atoms with van der Waals surface area (Å²) < 4.78 is 1.66. The van der Waals surface area contributed by atoms with Gasteiger partial charge in [-0.15, -0.1) is 11.8 Å². The lowest BCUT2D eigenvalue weighted by Crippen LogP contribution is -2.35. The van der Waals surface area contributed by atoms with E-state index in [1.807, 2.05) is 54.2 Å². The number of amides is 1. The molecule has 2 aliphatic carbocycles. The predicted molar refractivity (Wildman–Crippen MR) is 136 cm³/mol. The number of hydrogen-bond donors (Lipinski definition) is 1. The van der Waals surface area contributed by atoms with Gasteiger partial charge in [-0.3, -0.25) is 14.2 Å². The summed E-state index contributed by atoms with van der Waals surface area (Å²) in [5, 5.41) is 5.40. The maximum absolute atomic E-state index is 13.2. The van der Waals surface area contributed by atoms with Crippen LogP contribution in [0.4, 0.5) is 5.69 Å². The molecule has 2 fully saturated rings. The van der Waals surface area contributed by atoms with Crippen LogP contribution in [0.1, 0.15) is 35.6 Å². The smallest absolute Gasteiger partial charge is 0.308 e. The lowest BCUT2D eigenvalue weighted by Gasteiger charge is -2.40. The fourth-order valence-corrected chi connectivity index (χ4v) is 9.63. The number of aromatic nitrogens is 1. The van der Waals surface area contributed by atoms with Crippen LogP contribution in [0.3, 0.4) is 0 Å². The number of thiazole rings is 1. The molecule has 170 valence electrons. The number of thioether (sulfide) groups is 1. The molecule has 5 atom stereocenters. The van der Waals surface area contributed by atoms with Gasteiger partial charge in [-0.2, -0.15) is 0 Å². The Morgan fingerprint density at radius 1 is 1.06 bits per heavy atom. The highest BCUT2D eigenvalue weighted by Crippen LogP contribution is 2.64. The van der Waals surface area contributed by atoms with Crippen LogP contribution in [-0.2, 0) is 11.3 Å². The van der Waals surface area contributed by atoms with Crippen molar-refractivity contribution in [3.63, 3.8) is 0 Å². The van der Waals surface area contributed by atoms with E-state index in [4.69, 9.17) is 23.2 Å². The Morgan fingerprint density at radius 2 is 1.85 bits per heavy atom. The number of carbonyl (C=O) groups excluding carboxylic acids is 1. The largest absolute Gasteiger partial charge is 0.325 e. The second-order valence-corrected chi connectivity index (χ2v) is 12.1. The SMILES string of the molecule is O=C(Cn1c2c(sc1=O)[C@@H](c1cccc(Cl)c1Cl)C1C3CCC(C3)C1S2)Nc1ccccc1. The van der Waals surface area contributed by atoms with E-state index in [9.17, 15) is 9.59 Å². The van der Waals surface area contributed by atoms with Crippen LogP contribution in [0.2, 0.25) is 10.0 Å². The summed E-state index contributed by atoms with van der Waals surface area (Å²) in [5.74, 6) is 1.59. The van der Waals surface area contributed by atoms with Crippen molar-refractivity contribution in [1.82, 2.24) is 4.57 Å². The third kappa shape index (κ3) is 3.66. The van der Waals surface area contributed by atoms with Gasteiger partial charge in [0.15, 0.2) is 0 Å². The molecular weight excluding hydrogens is 495 g/mol. The Hall–Kier alpha value is -1.73. The minimum atomic E-state index is -0.197. The molecule has 3 aromatic rings. The molecule has 3 aliphatic rings. The number of fused-ring (bicyclic) bond motifs is 6. The number of halogens is 2. The highest BCUT2D eigenvalue weighted by Gasteiger charge is 2.55. The van der Waals surface area contributed by atoms with Gasteiger partial charge in [-0.25, -0.2) is 0 Å². The Balaban J connectivity index is 1.41. The number of nitrogens with zero attached hydrogens (tertiary/aromatic N) is 1. The molecule has 2 aromatic carbocycles. The van der Waals surface area contributed by atoms with Gasteiger partial charge in [-0.05, 0) is 60.8 Å². The van der Waals surface area contributed by atoms with E-state index in [0.29, 0.717) is 33.0 Å². The standard InChI is InChI=1S/C25H22Cl2N2O2S2/c26-17-8-4-7-16(21(17)27)20-19-13-9-10-14(11-13)22(19)32-24-23(20)33-25(31)29(24)12-18(30)28-15-5-2-1-3-6-15/h1-8,13-14,19-20,22H,9-12H2,(H,28,30)/t13?,14?,19?,20-,22?/m0/s1. The van der Waals surface area contributed by atoms with Crippen molar-refractivity contribution < 1.29 is 4.79 Å². The maximum atomic E-state index is 13.2. The van der Waals surface area contributed by atoms with E-state index < -0.39 is 0 Å². The number of hydrogen-bond acceptors (Lipinski definition) is 4. The summed E-state index contributed by atoms with van der Waals surface area (Å²) in [5.41, 5.74) is 1.74. The van der Waals surface area contributed by atoms with E-state index in [1.54, 1.807) is 4.57 Å². The topological polar surface area (TPSA) is 51.1 Å². The molecule has 33 heavy (non-hydrogen) atoms. The summed E-state index contributed by atoms with van der Waals surface area (Å²) in [6, 6.07) is 15.1. The normalized spacial score (nSPS) is 27.3. The van der Waals surface area contributed by atoms with Gasteiger partial charge < -0.3 is 5.32 Å². The van der Waals surface area contributed by atoms with Gasteiger partial charge in [0.2, 0.25) is 5.91 Å². The molecule has 0 spiro atoms. The molecular formula is C25H22Cl2N2O2S2. The molecule has 0 saturated heterocycles. The molecule has 4 unspecified atom stereocenters. The first-order valence-corrected chi connectivity index (χ1v) is 13.7. The number of carbonyl (C=O) groups is 1. The molecule has 0 radical (unpaired) electrons. The summed E-state index contributed by atoms with van der Waals surface area (Å²) >= 11 is 16.2. The van der Waals surface area contributed by atoms with Gasteiger partial charge in [0.1, 0.15) is 6.54 Å². The first kappa shape index (κ1) is 21.8. The predicted octanol–water partition coefficient (Wildman–Crippen LogP) is 6.51. The maximum Gasteiger partial charge on any atom is 0.308 e. The second-order valence-electron chi connectivity index (χ2n) is 9.15. The van der Waals surface area contributed by atoms with E-state index >= 15 is 0 Å². The minimum Gasteiger partial charge on any atom is -0.325 e. The van der Waals surface area contributed by atoms with Gasteiger partial charge in [0.25, 0.3) is 0 Å². The van der Waals surface area contributed by atoms with Crippen LogP contribution in [0.5, 0.6) is 0 Å². The summed E-state index contributed by atoms with van der Waals surface area (Å²) in [6.07, 6.45) is 3.73. The number of benzene rings is 2. The van der Waals surface area contributed by atoms with Crippen LogP contribution in [0.15, 0.2) is 58.4 Å². The zero-order valence-corrected chi connectivity index (χ0v) is 20.8. The minimum absolute atomic E-state index is 0.00798. The van der Waals surface area contributed by atoms with Crippen molar-refractivity contribution >= 4 is 57.9 Å². The average molecular weight is 518 g/mol. The molecule has 2 bridgehead atoms. The number of anilines is 1. The monoisotopic (exact) mass is 516 g/mol. The van der Waals surface area contributed by atoms with Crippen molar-refractivity contribution in [2.75, 3.05) is 5.32 Å². The first-order valence-electron chi connectivity index (χ1n) is 11.2. The quantitative estimate of drug-likeness (QED) is 0.430. The van der Waals surface area contributed by atoms with Crippen molar-refractivity contribution in [1.29, 1.82) is 0 Å². The van der Waals surface area contributed by atoms with Crippen molar-refractivity contribution in [2.24, 2.45) is 17.8 Å². The molecule has 4 nitrogen and oxygen atoms in total. The highest BCUT2D eigenvalue weighted by molar-refractivity contribution is 8.00. The third-order valence-corrected chi connectivity index (χ3v) is 11.0. The van der Waals surface area contributed by atoms with Gasteiger partial charge in [0, 0.05) is 21.7 Å². The van der Waals surface area contributed by atoms with Gasteiger partial charge in [-0.1, -0.05) is 64.9 Å². The molecule has 8 heteroatoms. The number of nitrogens with one attached hydrogen (secondary N) is 1. The second kappa shape index (κ2) is 8.49. The van der Waals surface area contributed by atoms with Crippen LogP contribution in [-0.4, -0.2) is 15.7 Å². The molecule has 1 N–H and O–H groups in total. The Kier molecular flexibility index (Phi) is 5.60. The van der Waals surface area contributed by atoms with Crippen LogP contribution in [0, 0.1) is 17.8 Å². The lowest BCUT2D eigenvalue weighted by molar-refractivity contribution is -0.116. The zero-order chi connectivity index (χ0) is 22.7. The third-order valence-electron chi connectivity index (χ3n) is 7.37. The van der Waals surface area contributed by atoms with E-state index in [-0.39, 0.29) is 23.2 Å². The van der Waals surface area contributed by atoms with Crippen LogP contribution in [0.25, 0.3) is 0 Å². The van der Waals surface area contributed by atoms with Crippen LogP contribution < -0.4 is 10.2 Å². The first-order chi connectivity index (χ1) is 16.0. The number of rotatable bonds is 4. The average Bonchev–Trinajstić information content (AvgIpc) is 3.50. The van der Waals surface area contributed by atoms with Gasteiger partial charge >= 0.3 is 4.87 Å². The van der Waals surface area contributed by atoms with Crippen molar-refractivity contribution in [3.05, 3.63) is 78.7 Å². The Labute approximate surface area is 210 Å². The molecule has 6 rings (SSSR count). The molecule has 1 amide bonds. The fourth-order valence-electron chi connectivity index (χ4n) is 6.06. The zero-order valence-electron chi connectivity index (χ0n) is 17.7. The summed E-state index contributed by atoms with van der Waals surface area (Å²) in [7, 11) is 0. The number of para-hydroxylation sites is 1. The molecule has 1 aliphatic heterocycles. The van der Waals surface area contributed by atoms with Crippen LogP contribution >= 0.6 is 46.3 Å². The molecule has 1 aromatic heterocycles. The highest BCUT2D eigenvalue weighted by atomic mass is 35.5. The van der Waals surface area contributed by atoms with E-state index in [2.05, 4.69) is 11.4 Å².